The van der Waals surface area contributed by atoms with Gasteiger partial charge in [0.15, 0.2) is 8.32 Å². The van der Waals surface area contributed by atoms with Gasteiger partial charge >= 0.3 is 0 Å². The van der Waals surface area contributed by atoms with E-state index in [4.69, 9.17) is 10.1 Å². The second-order valence-electron chi connectivity index (χ2n) is 8.36. The molecule has 148 valence electrons. The maximum absolute atomic E-state index is 10.5. The molecule has 0 spiro atoms. The Kier molecular flexibility index (Phi) is 4.14. The molecule has 5 rings (SSSR count). The van der Waals surface area contributed by atoms with E-state index in [0.717, 1.165) is 57.4 Å². The van der Waals surface area contributed by atoms with E-state index in [1.54, 1.807) is 6.20 Å². The van der Waals surface area contributed by atoms with Crippen molar-refractivity contribution in [1.29, 1.82) is 0 Å². The van der Waals surface area contributed by atoms with Gasteiger partial charge in [0.2, 0.25) is 5.95 Å². The molecule has 7 nitrogen and oxygen atoms in total. The minimum absolute atomic E-state index is 0.275. The molecule has 0 amide bonds. The highest BCUT2D eigenvalue weighted by molar-refractivity contribution is 6.72. The van der Waals surface area contributed by atoms with Crippen LogP contribution in [0.1, 0.15) is 23.6 Å². The molecular formula is C21H24N6OSi. The molecule has 4 heterocycles. The van der Waals surface area contributed by atoms with Gasteiger partial charge in [-0.2, -0.15) is 5.10 Å². The number of fused-ring (bicyclic) bond motifs is 2. The molecule has 1 saturated heterocycles. The summed E-state index contributed by atoms with van der Waals surface area (Å²) in [6.45, 7) is 4.09. The average molecular weight is 405 g/mol. The van der Waals surface area contributed by atoms with Gasteiger partial charge in [0.25, 0.3) is 0 Å². The van der Waals surface area contributed by atoms with E-state index in [-0.39, 0.29) is 5.92 Å². The fourth-order valence-electron chi connectivity index (χ4n) is 4.33. The summed E-state index contributed by atoms with van der Waals surface area (Å²) in [4.78, 5) is 24.3. The predicted molar refractivity (Wildman–Crippen MR) is 117 cm³/mol. The van der Waals surface area contributed by atoms with E-state index < -0.39 is 8.32 Å². The number of aryl methyl sites for hydroxylation is 2. The summed E-state index contributed by atoms with van der Waals surface area (Å²) >= 11 is 0. The number of rotatable bonds is 3. The Morgan fingerprint density at radius 2 is 2.14 bits per heavy atom. The van der Waals surface area contributed by atoms with Crippen molar-refractivity contribution in [2.45, 2.75) is 37.9 Å². The highest BCUT2D eigenvalue weighted by Crippen LogP contribution is 2.41. The van der Waals surface area contributed by atoms with Crippen LogP contribution in [0.25, 0.3) is 21.9 Å². The number of aromatic nitrogens is 5. The van der Waals surface area contributed by atoms with Crippen LogP contribution >= 0.6 is 0 Å². The lowest BCUT2D eigenvalue weighted by molar-refractivity contribution is 0.547. The number of hydrogen-bond acceptors (Lipinski definition) is 6. The predicted octanol–water partition coefficient (Wildman–Crippen LogP) is 4.02. The smallest absolute Gasteiger partial charge is 0.227 e. The molecule has 4 aromatic rings. The summed E-state index contributed by atoms with van der Waals surface area (Å²) in [7, 11) is -0.162. The first-order valence-electron chi connectivity index (χ1n) is 9.94. The molecule has 8 heteroatoms. The molecule has 3 aromatic heterocycles. The normalized spacial score (nSPS) is 21.9. The zero-order valence-corrected chi connectivity index (χ0v) is 17.8. The zero-order chi connectivity index (χ0) is 20.2. The van der Waals surface area contributed by atoms with Crippen molar-refractivity contribution in [2.75, 3.05) is 5.32 Å². The number of benzene rings is 1. The van der Waals surface area contributed by atoms with Gasteiger partial charge in [-0.05, 0) is 55.7 Å². The number of anilines is 2. The quantitative estimate of drug-likeness (QED) is 0.502. The molecular weight excluding hydrogens is 380 g/mol. The summed E-state index contributed by atoms with van der Waals surface area (Å²) in [6.07, 6.45) is 4.61. The Bertz CT molecular complexity index is 1230. The van der Waals surface area contributed by atoms with Crippen molar-refractivity contribution in [3.8, 4) is 0 Å². The second-order valence-corrected chi connectivity index (χ2v) is 12.3. The summed E-state index contributed by atoms with van der Waals surface area (Å²) in [5.74, 6) is 0.830. The van der Waals surface area contributed by atoms with Gasteiger partial charge in [0, 0.05) is 30.2 Å². The SMILES string of the molecule is Cc1cc2ncccc2cc1Nc1ncc2c(n1)c(C1CC[Si](C)(O)C1)nn2C. The van der Waals surface area contributed by atoms with Crippen LogP contribution in [0, 0.1) is 6.92 Å². The molecule has 1 aliphatic heterocycles. The van der Waals surface area contributed by atoms with Crippen molar-refractivity contribution < 1.29 is 4.80 Å². The van der Waals surface area contributed by atoms with Crippen LogP contribution in [0.2, 0.25) is 18.6 Å². The van der Waals surface area contributed by atoms with Gasteiger partial charge in [-0.25, -0.2) is 9.97 Å². The highest BCUT2D eigenvalue weighted by atomic mass is 28.4. The summed E-state index contributed by atoms with van der Waals surface area (Å²) in [5, 5.41) is 9.18. The van der Waals surface area contributed by atoms with Crippen LogP contribution in [0.3, 0.4) is 0 Å². The van der Waals surface area contributed by atoms with Crippen molar-refractivity contribution in [3.05, 3.63) is 47.9 Å². The molecule has 1 aromatic carbocycles. The van der Waals surface area contributed by atoms with E-state index >= 15 is 0 Å². The van der Waals surface area contributed by atoms with Crippen LogP contribution in [0.4, 0.5) is 11.6 Å². The maximum Gasteiger partial charge on any atom is 0.227 e. The molecule has 29 heavy (non-hydrogen) atoms. The Labute approximate surface area is 170 Å². The minimum atomic E-state index is -2.09. The number of nitrogens with zero attached hydrogens (tertiary/aromatic N) is 5. The molecule has 2 N–H and O–H groups in total. The van der Waals surface area contributed by atoms with Crippen LogP contribution < -0.4 is 5.32 Å². The van der Waals surface area contributed by atoms with E-state index in [0.29, 0.717) is 5.95 Å². The van der Waals surface area contributed by atoms with Crippen molar-refractivity contribution >= 4 is 41.9 Å². The number of hydrogen-bond donors (Lipinski definition) is 2. The fourth-order valence-corrected chi connectivity index (χ4v) is 6.97. The lowest BCUT2D eigenvalue weighted by Crippen LogP contribution is -2.24. The first kappa shape index (κ1) is 18.2. The Morgan fingerprint density at radius 3 is 2.93 bits per heavy atom. The summed E-state index contributed by atoms with van der Waals surface area (Å²) in [5.41, 5.74) is 5.80. The van der Waals surface area contributed by atoms with Gasteiger partial charge in [0.05, 0.1) is 17.4 Å². The van der Waals surface area contributed by atoms with Gasteiger partial charge in [-0.15, -0.1) is 0 Å². The van der Waals surface area contributed by atoms with Crippen LogP contribution in [0.15, 0.2) is 36.7 Å². The first-order valence-corrected chi connectivity index (χ1v) is 12.8. The maximum atomic E-state index is 10.5. The zero-order valence-electron chi connectivity index (χ0n) is 16.8. The van der Waals surface area contributed by atoms with Gasteiger partial charge in [-0.3, -0.25) is 9.67 Å². The molecule has 0 saturated carbocycles. The molecule has 0 radical (unpaired) electrons. The fraction of sp³-hybridized carbons (Fsp3) is 0.333. The molecule has 1 fully saturated rings. The van der Waals surface area contributed by atoms with E-state index in [9.17, 15) is 4.80 Å². The topological polar surface area (TPSA) is 88.8 Å². The van der Waals surface area contributed by atoms with Crippen molar-refractivity contribution in [1.82, 2.24) is 24.7 Å². The first-order chi connectivity index (χ1) is 13.9. The molecule has 0 aliphatic carbocycles. The monoisotopic (exact) mass is 404 g/mol. The third kappa shape index (κ3) is 3.28. The third-order valence-electron chi connectivity index (χ3n) is 5.92. The van der Waals surface area contributed by atoms with E-state index in [1.807, 2.05) is 36.6 Å². The Morgan fingerprint density at radius 1 is 1.28 bits per heavy atom. The average Bonchev–Trinajstić information content (AvgIpc) is 3.21. The lowest BCUT2D eigenvalue weighted by atomic mass is 10.0. The van der Waals surface area contributed by atoms with Crippen LogP contribution in [0.5, 0.6) is 0 Å². The lowest BCUT2D eigenvalue weighted by Gasteiger charge is -2.12. The Hall–Kier alpha value is -2.84. The second kappa shape index (κ2) is 6.60. The van der Waals surface area contributed by atoms with Gasteiger partial charge in [-0.1, -0.05) is 6.07 Å². The van der Waals surface area contributed by atoms with Crippen molar-refractivity contribution in [3.63, 3.8) is 0 Å². The minimum Gasteiger partial charge on any atom is -0.432 e. The molecule has 1 aliphatic rings. The Balaban J connectivity index is 1.53. The third-order valence-corrected chi connectivity index (χ3v) is 8.66. The largest absolute Gasteiger partial charge is 0.432 e. The van der Waals surface area contributed by atoms with Gasteiger partial charge < -0.3 is 10.1 Å². The highest BCUT2D eigenvalue weighted by Gasteiger charge is 2.38. The van der Waals surface area contributed by atoms with Crippen LogP contribution in [-0.4, -0.2) is 37.8 Å². The summed E-state index contributed by atoms with van der Waals surface area (Å²) in [6, 6.07) is 9.91. The van der Waals surface area contributed by atoms with E-state index in [2.05, 4.69) is 34.3 Å². The van der Waals surface area contributed by atoms with Crippen molar-refractivity contribution in [2.24, 2.45) is 7.05 Å². The number of pyridine rings is 1. The molecule has 2 unspecified atom stereocenters. The number of nitrogens with one attached hydrogen (secondary N) is 1. The van der Waals surface area contributed by atoms with Crippen LogP contribution in [-0.2, 0) is 7.05 Å². The summed E-state index contributed by atoms with van der Waals surface area (Å²) < 4.78 is 1.84. The molecule has 2 atom stereocenters. The van der Waals surface area contributed by atoms with E-state index in [1.165, 1.54) is 0 Å². The molecule has 0 bridgehead atoms. The standard InChI is InChI=1S/C21H24N6OSi/c1-13-9-17-14(5-4-7-22-17)10-16(13)24-21-23-11-18-20(25-21)19(26-27(18)2)15-6-8-29(3,28)12-15/h4-5,7,9-11,15,28H,6,8,12H2,1-3H3,(H,23,24,25). The van der Waals surface area contributed by atoms with Gasteiger partial charge in [0.1, 0.15) is 11.0 Å².